The summed E-state index contributed by atoms with van der Waals surface area (Å²) in [5, 5.41) is 4.52. The summed E-state index contributed by atoms with van der Waals surface area (Å²) in [5.74, 6) is 0. The van der Waals surface area contributed by atoms with Gasteiger partial charge in [0.2, 0.25) is 0 Å². The molecule has 0 unspecified atom stereocenters. The summed E-state index contributed by atoms with van der Waals surface area (Å²) in [4.78, 5) is 0. The number of aryl methyl sites for hydroxylation is 2. The summed E-state index contributed by atoms with van der Waals surface area (Å²) in [6.45, 7) is 8.24. The van der Waals surface area contributed by atoms with Crippen LogP contribution >= 0.6 is 0 Å². The number of rotatable bonds is 3. The molecule has 0 aliphatic heterocycles. The monoisotopic (exact) mass is 622 g/mol. The molecule has 0 N–H and O–H groups in total. The van der Waals surface area contributed by atoms with Crippen molar-refractivity contribution in [1.82, 2.24) is 0 Å². The summed E-state index contributed by atoms with van der Waals surface area (Å²) in [5.41, 5.74) is 13.3. The first-order chi connectivity index (χ1) is 23.6. The fourth-order valence-corrected chi connectivity index (χ4v) is 6.30. The Morgan fingerprint density at radius 3 is 1.62 bits per heavy atom. The average molecular weight is 623 g/mol. The molecule has 234 valence electrons. The van der Waals surface area contributed by atoms with Gasteiger partial charge in [-0.05, 0) is 78.1 Å². The number of furan rings is 2. The van der Waals surface area contributed by atoms with Gasteiger partial charge in [0.25, 0.3) is 0 Å². The Labute approximate surface area is 281 Å². The number of benzene rings is 7. The molecule has 2 aromatic heterocycles. The van der Waals surface area contributed by atoms with Crippen LogP contribution in [0.3, 0.4) is 0 Å². The normalized spacial score (nSPS) is 10.9. The summed E-state index contributed by atoms with van der Waals surface area (Å²) >= 11 is 0. The predicted molar refractivity (Wildman–Crippen MR) is 205 cm³/mol. The summed E-state index contributed by atoms with van der Waals surface area (Å²) in [6.07, 6.45) is 0. The molecule has 0 spiro atoms. The molecular formula is C46H38O2. The van der Waals surface area contributed by atoms with Gasteiger partial charge in [-0.1, -0.05) is 146 Å². The van der Waals surface area contributed by atoms with Crippen LogP contribution in [0.25, 0.3) is 77.3 Å². The van der Waals surface area contributed by atoms with Crippen molar-refractivity contribution in [3.8, 4) is 33.4 Å². The fourth-order valence-electron chi connectivity index (χ4n) is 6.30. The van der Waals surface area contributed by atoms with E-state index < -0.39 is 0 Å². The standard InChI is InChI=1S/C31H20O2.C13H12.C2H6/c1-19-7-6-8-20(15-19)22-17-25(31-27(18-22)24-10-3-5-12-29(24)33-31)21-13-14-30-26(16-21)23-9-2-4-11-28(23)32-30;1-11-7-9-13(10-8-11)12-5-3-2-4-6-12;1-2/h2-18H,1H3;2-10H,1H3;1-2H3. The highest BCUT2D eigenvalue weighted by molar-refractivity contribution is 6.13. The van der Waals surface area contributed by atoms with E-state index in [4.69, 9.17) is 8.83 Å². The number of hydrogen-bond acceptors (Lipinski definition) is 2. The van der Waals surface area contributed by atoms with Gasteiger partial charge in [0.05, 0.1) is 0 Å². The van der Waals surface area contributed by atoms with Crippen LogP contribution in [0.4, 0.5) is 0 Å². The maximum atomic E-state index is 6.41. The van der Waals surface area contributed by atoms with E-state index in [2.05, 4.69) is 141 Å². The van der Waals surface area contributed by atoms with Crippen LogP contribution in [-0.4, -0.2) is 0 Å². The molecule has 48 heavy (non-hydrogen) atoms. The Hall–Kier alpha value is -5.86. The van der Waals surface area contributed by atoms with Gasteiger partial charge >= 0.3 is 0 Å². The highest BCUT2D eigenvalue weighted by atomic mass is 16.3. The fraction of sp³-hybridized carbons (Fsp3) is 0.0870. The van der Waals surface area contributed by atoms with E-state index >= 15 is 0 Å². The van der Waals surface area contributed by atoms with Crippen molar-refractivity contribution >= 4 is 43.9 Å². The van der Waals surface area contributed by atoms with Gasteiger partial charge in [0, 0.05) is 27.1 Å². The molecule has 9 aromatic rings. The molecule has 0 radical (unpaired) electrons. The quantitative estimate of drug-likeness (QED) is 0.196. The smallest absolute Gasteiger partial charge is 0.143 e. The molecule has 2 heterocycles. The topological polar surface area (TPSA) is 26.3 Å². The van der Waals surface area contributed by atoms with E-state index in [1.54, 1.807) is 0 Å². The Balaban J connectivity index is 0.000000204. The van der Waals surface area contributed by atoms with E-state index in [0.717, 1.165) is 55.0 Å². The van der Waals surface area contributed by atoms with Crippen molar-refractivity contribution in [3.63, 3.8) is 0 Å². The first-order valence-electron chi connectivity index (χ1n) is 16.7. The highest BCUT2D eigenvalue weighted by Crippen LogP contribution is 2.41. The third-order valence-corrected chi connectivity index (χ3v) is 8.68. The zero-order valence-electron chi connectivity index (χ0n) is 27.8. The molecule has 0 aliphatic carbocycles. The van der Waals surface area contributed by atoms with Crippen molar-refractivity contribution in [1.29, 1.82) is 0 Å². The Morgan fingerprint density at radius 1 is 0.333 bits per heavy atom. The summed E-state index contributed by atoms with van der Waals surface area (Å²) < 4.78 is 12.5. The van der Waals surface area contributed by atoms with Crippen LogP contribution < -0.4 is 0 Å². The van der Waals surface area contributed by atoms with Crippen molar-refractivity contribution < 1.29 is 8.83 Å². The lowest BCUT2D eigenvalue weighted by atomic mass is 9.94. The Morgan fingerprint density at radius 2 is 0.896 bits per heavy atom. The molecule has 2 heteroatoms. The van der Waals surface area contributed by atoms with E-state index in [1.807, 2.05) is 44.2 Å². The first kappa shape index (κ1) is 30.8. The lowest BCUT2D eigenvalue weighted by molar-refractivity contribution is 0.668. The third-order valence-electron chi connectivity index (χ3n) is 8.68. The van der Waals surface area contributed by atoms with Gasteiger partial charge in [0.15, 0.2) is 0 Å². The van der Waals surface area contributed by atoms with Crippen molar-refractivity contribution in [3.05, 3.63) is 169 Å². The van der Waals surface area contributed by atoms with Crippen molar-refractivity contribution in [2.45, 2.75) is 27.7 Å². The van der Waals surface area contributed by atoms with Gasteiger partial charge in [0.1, 0.15) is 22.3 Å². The van der Waals surface area contributed by atoms with Gasteiger partial charge in [-0.2, -0.15) is 0 Å². The zero-order chi connectivity index (χ0) is 33.0. The molecule has 0 fully saturated rings. The molecule has 9 rings (SSSR count). The summed E-state index contributed by atoms with van der Waals surface area (Å²) in [7, 11) is 0. The second-order valence-corrected chi connectivity index (χ2v) is 11.9. The SMILES string of the molecule is CC.Cc1ccc(-c2ccccc2)cc1.Cc1cccc(-c2cc(-c3ccc4oc5ccccc5c4c3)c3oc4ccccc4c3c2)c1. The maximum absolute atomic E-state index is 6.41. The Kier molecular flexibility index (Phi) is 8.64. The lowest BCUT2D eigenvalue weighted by Gasteiger charge is -2.09. The number of hydrogen-bond donors (Lipinski definition) is 0. The zero-order valence-corrected chi connectivity index (χ0v) is 27.8. The molecule has 0 amide bonds. The van der Waals surface area contributed by atoms with Crippen LogP contribution in [0.2, 0.25) is 0 Å². The highest BCUT2D eigenvalue weighted by Gasteiger charge is 2.16. The predicted octanol–water partition coefficient (Wildman–Crippen LogP) is 13.8. The molecule has 0 saturated heterocycles. The molecule has 0 atom stereocenters. The largest absolute Gasteiger partial charge is 0.456 e. The van der Waals surface area contributed by atoms with Crippen LogP contribution in [0, 0.1) is 13.8 Å². The minimum absolute atomic E-state index is 0.899. The molecule has 7 aromatic carbocycles. The van der Waals surface area contributed by atoms with Crippen molar-refractivity contribution in [2.24, 2.45) is 0 Å². The maximum Gasteiger partial charge on any atom is 0.143 e. The second kappa shape index (κ2) is 13.5. The van der Waals surface area contributed by atoms with Crippen molar-refractivity contribution in [2.75, 3.05) is 0 Å². The van der Waals surface area contributed by atoms with E-state index in [1.165, 1.54) is 33.4 Å². The van der Waals surface area contributed by atoms with E-state index in [9.17, 15) is 0 Å². The number of para-hydroxylation sites is 2. The third kappa shape index (κ3) is 6.01. The van der Waals surface area contributed by atoms with E-state index in [-0.39, 0.29) is 0 Å². The molecule has 0 bridgehead atoms. The first-order valence-corrected chi connectivity index (χ1v) is 16.7. The number of fused-ring (bicyclic) bond motifs is 6. The van der Waals surface area contributed by atoms with Gasteiger partial charge in [-0.25, -0.2) is 0 Å². The van der Waals surface area contributed by atoms with Crippen LogP contribution in [0.15, 0.2) is 167 Å². The minimum atomic E-state index is 0.899. The van der Waals surface area contributed by atoms with Crippen LogP contribution in [0.5, 0.6) is 0 Å². The molecule has 2 nitrogen and oxygen atoms in total. The summed E-state index contributed by atoms with van der Waals surface area (Å²) in [6, 6.07) is 55.1. The lowest BCUT2D eigenvalue weighted by Crippen LogP contribution is -1.85. The molecule has 0 aliphatic rings. The van der Waals surface area contributed by atoms with E-state index in [0.29, 0.717) is 0 Å². The van der Waals surface area contributed by atoms with Gasteiger partial charge in [-0.15, -0.1) is 0 Å². The molecule has 0 saturated carbocycles. The average Bonchev–Trinajstić information content (AvgIpc) is 3.71. The van der Waals surface area contributed by atoms with Crippen LogP contribution in [0.1, 0.15) is 25.0 Å². The Bertz CT molecular complexity index is 2480. The molecular weight excluding hydrogens is 585 g/mol. The minimum Gasteiger partial charge on any atom is -0.456 e. The van der Waals surface area contributed by atoms with Crippen LogP contribution in [-0.2, 0) is 0 Å². The second-order valence-electron chi connectivity index (χ2n) is 11.9. The van der Waals surface area contributed by atoms with Gasteiger partial charge in [-0.3, -0.25) is 0 Å². The van der Waals surface area contributed by atoms with Gasteiger partial charge < -0.3 is 8.83 Å².